The maximum absolute atomic E-state index is 8.33. The minimum absolute atomic E-state index is 0. The molecule has 0 atom stereocenters. The fourth-order valence-corrected chi connectivity index (χ4v) is 0.226. The first-order valence-corrected chi connectivity index (χ1v) is 3.18. The molecule has 0 radical (unpaired) electrons. The summed E-state index contributed by atoms with van der Waals surface area (Å²) in [5.74, 6) is 0. The van der Waals surface area contributed by atoms with Gasteiger partial charge in [-0.1, -0.05) is 0 Å². The van der Waals surface area contributed by atoms with Gasteiger partial charge in [0.25, 0.3) is 0 Å². The van der Waals surface area contributed by atoms with E-state index < -0.39 is 6.16 Å². The molecular formula is C6H14Na2O6. The second-order valence-electron chi connectivity index (χ2n) is 1.35. The molecular weight excluding hydrogens is 214 g/mol. The van der Waals surface area contributed by atoms with Gasteiger partial charge in [-0.3, -0.25) is 0 Å². The minimum Gasteiger partial charge on any atom is -0.652 e. The molecule has 14 heavy (non-hydrogen) atoms. The van der Waals surface area contributed by atoms with Crippen molar-refractivity contribution < 1.29 is 89.1 Å². The standard InChI is InChI=1S/C5H12O2.CH2O3.2Na.H2O/c1-3-6-5-7-4-2;2-1(3)4;;;/h3-5H2,1-2H3;(H2,2,3,4);;;1H2/q;;2*+1;/p-2. The summed E-state index contributed by atoms with van der Waals surface area (Å²) < 4.78 is 9.70. The largest absolute Gasteiger partial charge is 1.00 e. The molecule has 0 aromatic rings. The molecule has 0 unspecified atom stereocenters. The summed E-state index contributed by atoms with van der Waals surface area (Å²) in [7, 11) is 0. The van der Waals surface area contributed by atoms with Gasteiger partial charge in [0.2, 0.25) is 0 Å². The van der Waals surface area contributed by atoms with Crippen LogP contribution in [0.25, 0.3) is 0 Å². The van der Waals surface area contributed by atoms with Crippen LogP contribution in [0.15, 0.2) is 0 Å². The Morgan fingerprint density at radius 2 is 1.29 bits per heavy atom. The molecule has 2 N–H and O–H groups in total. The fourth-order valence-electron chi connectivity index (χ4n) is 0.226. The topological polar surface area (TPSA) is 113 Å². The van der Waals surface area contributed by atoms with Gasteiger partial charge in [0.1, 0.15) is 6.79 Å². The summed E-state index contributed by atoms with van der Waals surface area (Å²) in [6.45, 7) is 5.80. The van der Waals surface area contributed by atoms with Crippen molar-refractivity contribution in [2.45, 2.75) is 13.8 Å². The zero-order valence-electron chi connectivity index (χ0n) is 9.16. The molecule has 0 amide bonds. The second kappa shape index (κ2) is 29.2. The normalized spacial score (nSPS) is 6.43. The average Bonchev–Trinajstić information content (AvgIpc) is 1.88. The van der Waals surface area contributed by atoms with Gasteiger partial charge in [-0.15, -0.1) is 0 Å². The molecule has 0 aromatic carbocycles. The Morgan fingerprint density at radius 1 is 1.07 bits per heavy atom. The number of hydrogen-bond donors (Lipinski definition) is 0. The number of hydrogen-bond acceptors (Lipinski definition) is 5. The summed E-state index contributed by atoms with van der Waals surface area (Å²) in [5, 5.41) is 16.7. The Labute approximate surface area is 128 Å². The molecule has 76 valence electrons. The van der Waals surface area contributed by atoms with Crippen LogP contribution in [0.1, 0.15) is 13.8 Å². The first kappa shape index (κ1) is 29.4. The maximum atomic E-state index is 8.33. The molecule has 0 heterocycles. The van der Waals surface area contributed by atoms with Gasteiger partial charge < -0.3 is 30.0 Å². The quantitative estimate of drug-likeness (QED) is 0.269. The van der Waals surface area contributed by atoms with E-state index >= 15 is 0 Å². The van der Waals surface area contributed by atoms with E-state index in [9.17, 15) is 0 Å². The van der Waals surface area contributed by atoms with Crippen LogP contribution in [-0.2, 0) is 9.47 Å². The SMILES string of the molecule is CCOCOCC.O.O=C([O-])[O-].[Na+].[Na+]. The van der Waals surface area contributed by atoms with Crippen molar-refractivity contribution in [2.24, 2.45) is 0 Å². The molecule has 0 saturated heterocycles. The van der Waals surface area contributed by atoms with E-state index in [1.807, 2.05) is 13.8 Å². The zero-order valence-corrected chi connectivity index (χ0v) is 13.2. The number of ether oxygens (including phenoxy) is 2. The van der Waals surface area contributed by atoms with Crippen molar-refractivity contribution >= 4 is 6.16 Å². The Kier molecular flexibility index (Phi) is 61.5. The molecule has 0 rings (SSSR count). The Bertz CT molecular complexity index is 84.4. The monoisotopic (exact) mass is 228 g/mol. The Morgan fingerprint density at radius 3 is 1.43 bits per heavy atom. The van der Waals surface area contributed by atoms with Crippen LogP contribution in [0.3, 0.4) is 0 Å². The molecule has 0 aromatic heterocycles. The van der Waals surface area contributed by atoms with Crippen molar-refractivity contribution in [2.75, 3.05) is 20.0 Å². The molecule has 0 fully saturated rings. The summed E-state index contributed by atoms with van der Waals surface area (Å²) in [6.07, 6.45) is -2.33. The van der Waals surface area contributed by atoms with Crippen LogP contribution in [0, 0.1) is 0 Å². The van der Waals surface area contributed by atoms with Gasteiger partial charge in [0, 0.05) is 13.2 Å². The summed E-state index contributed by atoms with van der Waals surface area (Å²) >= 11 is 0. The number of carbonyl (C=O) groups is 1. The maximum Gasteiger partial charge on any atom is 1.00 e. The molecule has 0 aliphatic heterocycles. The van der Waals surface area contributed by atoms with E-state index in [2.05, 4.69) is 0 Å². The third-order valence-corrected chi connectivity index (χ3v) is 0.575. The van der Waals surface area contributed by atoms with Gasteiger partial charge in [-0.2, -0.15) is 0 Å². The van der Waals surface area contributed by atoms with E-state index in [1.165, 1.54) is 0 Å². The first-order valence-electron chi connectivity index (χ1n) is 3.18. The van der Waals surface area contributed by atoms with E-state index in [1.54, 1.807) is 0 Å². The fraction of sp³-hybridized carbons (Fsp3) is 0.833. The van der Waals surface area contributed by atoms with Crippen LogP contribution < -0.4 is 69.3 Å². The third kappa shape index (κ3) is 73.2. The predicted molar refractivity (Wildman–Crippen MR) is 37.1 cm³/mol. The minimum atomic E-state index is -2.33. The van der Waals surface area contributed by atoms with E-state index in [-0.39, 0.29) is 64.6 Å². The number of carboxylic acid groups (broad SMARTS) is 2. The van der Waals surface area contributed by atoms with Gasteiger partial charge in [0.05, 0.1) is 0 Å². The average molecular weight is 228 g/mol. The van der Waals surface area contributed by atoms with E-state index in [0.717, 1.165) is 13.2 Å². The smallest absolute Gasteiger partial charge is 0.652 e. The summed E-state index contributed by atoms with van der Waals surface area (Å²) in [4.78, 5) is 8.33. The second-order valence-corrected chi connectivity index (χ2v) is 1.35. The van der Waals surface area contributed by atoms with E-state index in [0.29, 0.717) is 6.79 Å². The van der Waals surface area contributed by atoms with E-state index in [4.69, 9.17) is 24.5 Å². The van der Waals surface area contributed by atoms with Crippen LogP contribution >= 0.6 is 0 Å². The molecule has 0 bridgehead atoms. The summed E-state index contributed by atoms with van der Waals surface area (Å²) in [6, 6.07) is 0. The van der Waals surface area contributed by atoms with Gasteiger partial charge >= 0.3 is 59.1 Å². The molecule has 8 heteroatoms. The molecule has 0 aliphatic rings. The van der Waals surface area contributed by atoms with Crippen molar-refractivity contribution in [1.29, 1.82) is 0 Å². The van der Waals surface area contributed by atoms with Gasteiger partial charge in [0.15, 0.2) is 0 Å². The number of carbonyl (C=O) groups excluding carboxylic acids is 1. The molecule has 0 aliphatic carbocycles. The van der Waals surface area contributed by atoms with Crippen LogP contribution in [0.4, 0.5) is 4.79 Å². The van der Waals surface area contributed by atoms with Crippen molar-refractivity contribution in [3.8, 4) is 0 Å². The van der Waals surface area contributed by atoms with Crippen LogP contribution in [-0.4, -0.2) is 31.6 Å². The Balaban J connectivity index is -0.0000000347. The predicted octanol–water partition coefficient (Wildman–Crippen LogP) is -8.25. The van der Waals surface area contributed by atoms with Crippen LogP contribution in [0.2, 0.25) is 0 Å². The number of rotatable bonds is 4. The van der Waals surface area contributed by atoms with Gasteiger partial charge in [-0.05, 0) is 20.0 Å². The summed E-state index contributed by atoms with van der Waals surface area (Å²) in [5.41, 5.74) is 0. The van der Waals surface area contributed by atoms with Crippen molar-refractivity contribution in [3.05, 3.63) is 0 Å². The first-order chi connectivity index (χ1) is 5.15. The molecule has 0 spiro atoms. The van der Waals surface area contributed by atoms with Crippen LogP contribution in [0.5, 0.6) is 0 Å². The van der Waals surface area contributed by atoms with Gasteiger partial charge in [-0.25, -0.2) is 0 Å². The third-order valence-electron chi connectivity index (χ3n) is 0.575. The zero-order chi connectivity index (χ0) is 9.11. The molecule has 6 nitrogen and oxygen atoms in total. The van der Waals surface area contributed by atoms with Crippen molar-refractivity contribution in [1.82, 2.24) is 0 Å². The Hall–Kier alpha value is 1.15. The molecule has 0 saturated carbocycles. The van der Waals surface area contributed by atoms with Crippen molar-refractivity contribution in [3.63, 3.8) is 0 Å².